The molecule has 20 heavy (non-hydrogen) atoms. The Morgan fingerprint density at radius 1 is 0.800 bits per heavy atom. The van der Waals surface area contributed by atoms with Crippen molar-refractivity contribution in [1.29, 1.82) is 0 Å². The Morgan fingerprint density at radius 3 is 1.35 bits per heavy atom. The highest BCUT2D eigenvalue weighted by Crippen LogP contribution is 2.06. The first-order valence-corrected chi connectivity index (χ1v) is 6.02. The molecule has 8 heteroatoms. The highest BCUT2D eigenvalue weighted by molar-refractivity contribution is 6.16. The molecule has 0 aromatic heterocycles. The van der Waals surface area contributed by atoms with Gasteiger partial charge in [0.25, 0.3) is 0 Å². The Hall–Kier alpha value is -2.12. The lowest BCUT2D eigenvalue weighted by Gasteiger charge is -2.18. The number of amides is 2. The molecule has 114 valence electrons. The Kier molecular flexibility index (Phi) is 6.67. The summed E-state index contributed by atoms with van der Waals surface area (Å²) in [4.78, 5) is 22.3. The largest absolute Gasteiger partial charge is 0.443 e. The molecule has 0 heterocycles. The molecule has 0 saturated carbocycles. The Morgan fingerprint density at radius 2 is 1.10 bits per heavy atom. The summed E-state index contributed by atoms with van der Waals surface area (Å²) >= 11 is 0. The first-order chi connectivity index (χ1) is 8.99. The fraction of sp³-hybridized carbons (Fsp3) is 0.667. The maximum absolute atomic E-state index is 11.2. The molecule has 0 aliphatic carbocycles. The van der Waals surface area contributed by atoms with Crippen molar-refractivity contribution in [3.8, 4) is 0 Å². The van der Waals surface area contributed by atoms with E-state index in [4.69, 9.17) is 9.47 Å². The van der Waals surface area contributed by atoms with E-state index in [2.05, 4.69) is 21.1 Å². The van der Waals surface area contributed by atoms with Crippen LogP contribution < -0.4 is 10.9 Å². The molecule has 0 aliphatic rings. The molecule has 2 N–H and O–H groups in total. The summed E-state index contributed by atoms with van der Waals surface area (Å²) in [5, 5.41) is 7.07. The number of nitrogens with zero attached hydrogens (tertiary/aromatic N) is 2. The number of hydrazone groups is 2. The highest BCUT2D eigenvalue weighted by atomic mass is 16.6. The number of nitrogens with one attached hydrogen (secondary N) is 2. The van der Waals surface area contributed by atoms with Gasteiger partial charge >= 0.3 is 12.2 Å². The summed E-state index contributed by atoms with van der Waals surface area (Å²) in [5.41, 5.74) is 3.09. The second kappa shape index (κ2) is 7.46. The number of ether oxygens (including phenoxy) is 2. The third kappa shape index (κ3) is 12.3. The fourth-order valence-electron chi connectivity index (χ4n) is 0.848. The maximum atomic E-state index is 11.2. The average Bonchev–Trinajstić information content (AvgIpc) is 2.17. The van der Waals surface area contributed by atoms with Gasteiger partial charge in [-0.05, 0) is 41.5 Å². The zero-order valence-corrected chi connectivity index (χ0v) is 12.7. The second-order valence-electron chi connectivity index (χ2n) is 5.78. The molecule has 0 aliphatic heterocycles. The van der Waals surface area contributed by atoms with Gasteiger partial charge in [0, 0.05) is 0 Å². The summed E-state index contributed by atoms with van der Waals surface area (Å²) in [6.45, 7) is 10.4. The molecule has 0 aromatic carbocycles. The molecule has 0 rings (SSSR count). The van der Waals surface area contributed by atoms with E-state index in [1.807, 2.05) is 0 Å². The van der Waals surface area contributed by atoms with Gasteiger partial charge in [-0.3, -0.25) is 0 Å². The lowest BCUT2D eigenvalue weighted by atomic mass is 10.2. The van der Waals surface area contributed by atoms with Gasteiger partial charge in [0.1, 0.15) is 11.2 Å². The van der Waals surface area contributed by atoms with Gasteiger partial charge in [-0.2, -0.15) is 10.2 Å². The van der Waals surface area contributed by atoms with Gasteiger partial charge in [-0.1, -0.05) is 0 Å². The van der Waals surface area contributed by atoms with E-state index in [9.17, 15) is 9.59 Å². The lowest BCUT2D eigenvalue weighted by Crippen LogP contribution is -2.30. The third-order valence-corrected chi connectivity index (χ3v) is 1.33. The van der Waals surface area contributed by atoms with Gasteiger partial charge in [-0.25, -0.2) is 20.4 Å². The van der Waals surface area contributed by atoms with Crippen LogP contribution in [0.3, 0.4) is 0 Å². The van der Waals surface area contributed by atoms with E-state index in [0.29, 0.717) is 0 Å². The van der Waals surface area contributed by atoms with Gasteiger partial charge in [0.2, 0.25) is 0 Å². The Bertz CT molecular complexity index is 353. The van der Waals surface area contributed by atoms with Crippen molar-refractivity contribution in [3.05, 3.63) is 0 Å². The number of rotatable bonds is 3. The van der Waals surface area contributed by atoms with Crippen LogP contribution in [0.4, 0.5) is 9.59 Å². The second-order valence-corrected chi connectivity index (χ2v) is 5.78. The minimum Gasteiger partial charge on any atom is -0.443 e. The molecule has 0 bridgehead atoms. The van der Waals surface area contributed by atoms with E-state index < -0.39 is 23.4 Å². The zero-order valence-electron chi connectivity index (χ0n) is 12.7. The van der Waals surface area contributed by atoms with Crippen molar-refractivity contribution in [3.63, 3.8) is 0 Å². The Labute approximate surface area is 118 Å². The van der Waals surface area contributed by atoms with Crippen LogP contribution in [0.2, 0.25) is 0 Å². The first-order valence-electron chi connectivity index (χ1n) is 6.02. The van der Waals surface area contributed by atoms with Crippen molar-refractivity contribution in [2.75, 3.05) is 0 Å². The van der Waals surface area contributed by atoms with Crippen molar-refractivity contribution in [2.45, 2.75) is 52.7 Å². The van der Waals surface area contributed by atoms with Crippen molar-refractivity contribution < 1.29 is 19.1 Å². The lowest BCUT2D eigenvalue weighted by molar-refractivity contribution is 0.0517. The molecule has 0 spiro atoms. The van der Waals surface area contributed by atoms with Crippen LogP contribution in [-0.4, -0.2) is 35.8 Å². The van der Waals surface area contributed by atoms with Gasteiger partial charge < -0.3 is 9.47 Å². The van der Waals surface area contributed by atoms with Gasteiger partial charge in [0.05, 0.1) is 12.4 Å². The minimum absolute atomic E-state index is 0.591. The molecular weight excluding hydrogens is 264 g/mol. The molecule has 0 aromatic rings. The van der Waals surface area contributed by atoms with Crippen LogP contribution in [-0.2, 0) is 9.47 Å². The predicted molar refractivity (Wildman–Crippen MR) is 75.7 cm³/mol. The molecular formula is C12H22N4O4. The summed E-state index contributed by atoms with van der Waals surface area (Å²) < 4.78 is 9.88. The van der Waals surface area contributed by atoms with Gasteiger partial charge in [-0.15, -0.1) is 0 Å². The predicted octanol–water partition coefficient (Wildman–Crippen LogP) is 2.01. The van der Waals surface area contributed by atoms with Crippen molar-refractivity contribution >= 4 is 24.6 Å². The fourth-order valence-corrected chi connectivity index (χ4v) is 0.848. The molecule has 2 amide bonds. The summed E-state index contributed by atoms with van der Waals surface area (Å²) in [6.07, 6.45) is 1.01. The van der Waals surface area contributed by atoms with E-state index in [1.165, 1.54) is 12.4 Å². The number of hydrogen-bond acceptors (Lipinski definition) is 6. The topological polar surface area (TPSA) is 101 Å². The molecule has 0 radical (unpaired) electrons. The van der Waals surface area contributed by atoms with Crippen LogP contribution >= 0.6 is 0 Å². The maximum Gasteiger partial charge on any atom is 0.428 e. The smallest absolute Gasteiger partial charge is 0.428 e. The van der Waals surface area contributed by atoms with E-state index in [0.717, 1.165) is 0 Å². The third-order valence-electron chi connectivity index (χ3n) is 1.33. The standard InChI is InChI=1S/C12H22N4O4/c1-11(2,3)19-9(17)15-13-7-8-14-16-10(18)20-12(4,5)6/h7-8H,1-6H3,(H,15,17)(H,16,18). The van der Waals surface area contributed by atoms with Crippen LogP contribution in [0.1, 0.15) is 41.5 Å². The highest BCUT2D eigenvalue weighted by Gasteiger charge is 2.15. The van der Waals surface area contributed by atoms with Crippen LogP contribution in [0, 0.1) is 0 Å². The van der Waals surface area contributed by atoms with E-state index >= 15 is 0 Å². The molecule has 0 saturated heterocycles. The van der Waals surface area contributed by atoms with Crippen LogP contribution in [0.15, 0.2) is 10.2 Å². The monoisotopic (exact) mass is 286 g/mol. The molecule has 0 atom stereocenters. The quantitative estimate of drug-likeness (QED) is 0.612. The zero-order chi connectivity index (χ0) is 15.8. The Balaban J connectivity index is 3.93. The molecule has 8 nitrogen and oxygen atoms in total. The van der Waals surface area contributed by atoms with Gasteiger partial charge in [0.15, 0.2) is 0 Å². The van der Waals surface area contributed by atoms with Crippen LogP contribution in [0.5, 0.6) is 0 Å². The summed E-state index contributed by atoms with van der Waals surface area (Å²) in [6, 6.07) is 0. The SMILES string of the molecule is CC(C)(C)OC(=O)NN=CC=NNC(=O)OC(C)(C)C. The van der Waals surface area contributed by atoms with Crippen molar-refractivity contribution in [1.82, 2.24) is 10.9 Å². The summed E-state index contributed by atoms with van der Waals surface area (Å²) in [5.74, 6) is 0. The number of carbonyl (C=O) groups is 2. The van der Waals surface area contributed by atoms with E-state index in [-0.39, 0.29) is 0 Å². The van der Waals surface area contributed by atoms with Crippen molar-refractivity contribution in [2.24, 2.45) is 10.2 Å². The number of carbonyl (C=O) groups excluding carboxylic acids is 2. The molecule has 0 unspecified atom stereocenters. The van der Waals surface area contributed by atoms with E-state index in [1.54, 1.807) is 41.5 Å². The van der Waals surface area contributed by atoms with Crippen LogP contribution in [0.25, 0.3) is 0 Å². The number of hydrogen-bond donors (Lipinski definition) is 2. The first kappa shape index (κ1) is 17.9. The minimum atomic E-state index is -0.678. The summed E-state index contributed by atoms with van der Waals surface area (Å²) in [7, 11) is 0. The molecule has 0 fully saturated rings. The average molecular weight is 286 g/mol. The normalized spacial score (nSPS) is 12.5.